The Morgan fingerprint density at radius 1 is 1.26 bits per heavy atom. The standard InChI is InChI=1S/C12H12BrN3O2S/c13-9-7-14-16(8-9)11-3-5-12(6-4-11)19(17,18)15-10-1-2-10/h3-8,10,15H,1-2H2. The van der Waals surface area contributed by atoms with Crippen LogP contribution in [0.3, 0.4) is 0 Å². The van der Waals surface area contributed by atoms with Gasteiger partial charge in [-0.2, -0.15) is 5.10 Å². The normalized spacial score (nSPS) is 15.6. The summed E-state index contributed by atoms with van der Waals surface area (Å²) in [5.41, 5.74) is 0.816. The van der Waals surface area contributed by atoms with Crippen LogP contribution in [0.15, 0.2) is 46.0 Å². The van der Waals surface area contributed by atoms with Gasteiger partial charge in [0, 0.05) is 12.2 Å². The molecule has 1 N–H and O–H groups in total. The zero-order valence-corrected chi connectivity index (χ0v) is 12.4. The predicted molar refractivity (Wildman–Crippen MR) is 74.6 cm³/mol. The van der Waals surface area contributed by atoms with Crippen molar-refractivity contribution in [2.24, 2.45) is 0 Å². The molecule has 1 aromatic heterocycles. The van der Waals surface area contributed by atoms with Gasteiger partial charge < -0.3 is 0 Å². The first kappa shape index (κ1) is 12.8. The highest BCUT2D eigenvalue weighted by Gasteiger charge is 2.27. The molecule has 0 bridgehead atoms. The minimum Gasteiger partial charge on any atom is -0.240 e. The summed E-state index contributed by atoms with van der Waals surface area (Å²) >= 11 is 3.32. The first-order chi connectivity index (χ1) is 9.04. The van der Waals surface area contributed by atoms with Crippen LogP contribution in [0.1, 0.15) is 12.8 Å². The molecule has 5 nitrogen and oxygen atoms in total. The molecule has 0 atom stereocenters. The van der Waals surface area contributed by atoms with Gasteiger partial charge in [0.2, 0.25) is 10.0 Å². The summed E-state index contributed by atoms with van der Waals surface area (Å²) in [6, 6.07) is 6.78. The molecule has 1 heterocycles. The lowest BCUT2D eigenvalue weighted by atomic mass is 10.3. The maximum atomic E-state index is 12.0. The molecule has 1 aliphatic carbocycles. The van der Waals surface area contributed by atoms with Gasteiger partial charge in [-0.3, -0.25) is 0 Å². The van der Waals surface area contributed by atoms with E-state index < -0.39 is 10.0 Å². The van der Waals surface area contributed by atoms with Crippen molar-refractivity contribution in [3.8, 4) is 5.69 Å². The Labute approximate surface area is 119 Å². The molecule has 1 fully saturated rings. The smallest absolute Gasteiger partial charge is 0.240 e. The van der Waals surface area contributed by atoms with E-state index in [9.17, 15) is 8.42 Å². The van der Waals surface area contributed by atoms with Gasteiger partial charge in [-0.15, -0.1) is 0 Å². The van der Waals surface area contributed by atoms with Crippen LogP contribution in [0.2, 0.25) is 0 Å². The number of nitrogens with zero attached hydrogens (tertiary/aromatic N) is 2. The Hall–Kier alpha value is -1.18. The number of aromatic nitrogens is 2. The highest BCUT2D eigenvalue weighted by Crippen LogP contribution is 2.22. The Balaban J connectivity index is 1.86. The molecule has 0 amide bonds. The predicted octanol–water partition coefficient (Wildman–Crippen LogP) is 2.08. The first-order valence-corrected chi connectivity index (χ1v) is 8.15. The Kier molecular flexibility index (Phi) is 3.20. The quantitative estimate of drug-likeness (QED) is 0.925. The van der Waals surface area contributed by atoms with Crippen molar-refractivity contribution in [1.82, 2.24) is 14.5 Å². The lowest BCUT2D eigenvalue weighted by Crippen LogP contribution is -2.25. The van der Waals surface area contributed by atoms with E-state index in [-0.39, 0.29) is 10.9 Å². The van der Waals surface area contributed by atoms with E-state index in [2.05, 4.69) is 25.8 Å². The summed E-state index contributed by atoms with van der Waals surface area (Å²) in [5.74, 6) is 0. The summed E-state index contributed by atoms with van der Waals surface area (Å²) in [6.45, 7) is 0. The topological polar surface area (TPSA) is 64.0 Å². The van der Waals surface area contributed by atoms with Gasteiger partial charge in [0.05, 0.1) is 21.3 Å². The molecular formula is C12H12BrN3O2S. The molecule has 0 spiro atoms. The first-order valence-electron chi connectivity index (χ1n) is 5.87. The summed E-state index contributed by atoms with van der Waals surface area (Å²) < 4.78 is 29.2. The zero-order chi connectivity index (χ0) is 13.5. The maximum absolute atomic E-state index is 12.0. The second-order valence-corrected chi connectivity index (χ2v) is 7.12. The van der Waals surface area contributed by atoms with E-state index in [0.29, 0.717) is 0 Å². The fourth-order valence-corrected chi connectivity index (χ4v) is 3.30. The lowest BCUT2D eigenvalue weighted by molar-refractivity contribution is 0.581. The molecular weight excluding hydrogens is 330 g/mol. The second kappa shape index (κ2) is 4.73. The fourth-order valence-electron chi connectivity index (χ4n) is 1.71. The SMILES string of the molecule is O=S(=O)(NC1CC1)c1ccc(-n2cc(Br)cn2)cc1. The average Bonchev–Trinajstić information content (AvgIpc) is 3.07. The van der Waals surface area contributed by atoms with Crippen molar-refractivity contribution in [2.45, 2.75) is 23.8 Å². The number of sulfonamides is 1. The summed E-state index contributed by atoms with van der Waals surface area (Å²) in [5, 5.41) is 4.14. The van der Waals surface area contributed by atoms with Gasteiger partial charge >= 0.3 is 0 Å². The van der Waals surface area contributed by atoms with Crippen molar-refractivity contribution in [3.05, 3.63) is 41.1 Å². The molecule has 0 saturated heterocycles. The van der Waals surface area contributed by atoms with Crippen LogP contribution >= 0.6 is 15.9 Å². The van der Waals surface area contributed by atoms with Gasteiger partial charge in [-0.05, 0) is 53.0 Å². The largest absolute Gasteiger partial charge is 0.240 e. The van der Waals surface area contributed by atoms with Crippen molar-refractivity contribution < 1.29 is 8.42 Å². The van der Waals surface area contributed by atoms with Crippen LogP contribution < -0.4 is 4.72 Å². The molecule has 19 heavy (non-hydrogen) atoms. The van der Waals surface area contributed by atoms with E-state index in [4.69, 9.17) is 0 Å². The third-order valence-corrected chi connectivity index (χ3v) is 4.81. The minimum absolute atomic E-state index is 0.117. The molecule has 1 saturated carbocycles. The van der Waals surface area contributed by atoms with Crippen molar-refractivity contribution in [3.63, 3.8) is 0 Å². The Bertz CT molecular complexity index is 690. The number of benzene rings is 1. The van der Waals surface area contributed by atoms with Crippen LogP contribution in [-0.4, -0.2) is 24.2 Å². The molecule has 0 unspecified atom stereocenters. The van der Waals surface area contributed by atoms with Crippen LogP contribution in [0, 0.1) is 0 Å². The van der Waals surface area contributed by atoms with Crippen LogP contribution in [0.25, 0.3) is 5.69 Å². The van der Waals surface area contributed by atoms with E-state index in [0.717, 1.165) is 23.0 Å². The molecule has 0 aliphatic heterocycles. The van der Waals surface area contributed by atoms with Crippen LogP contribution in [0.4, 0.5) is 0 Å². The Morgan fingerprint density at radius 2 is 1.95 bits per heavy atom. The number of halogens is 1. The van der Waals surface area contributed by atoms with Crippen molar-refractivity contribution in [1.29, 1.82) is 0 Å². The molecule has 3 rings (SSSR count). The van der Waals surface area contributed by atoms with Crippen LogP contribution in [0.5, 0.6) is 0 Å². The highest BCUT2D eigenvalue weighted by atomic mass is 79.9. The third-order valence-electron chi connectivity index (χ3n) is 2.86. The monoisotopic (exact) mass is 341 g/mol. The number of hydrogen-bond acceptors (Lipinski definition) is 3. The van der Waals surface area contributed by atoms with E-state index in [1.165, 1.54) is 0 Å². The number of rotatable bonds is 4. The van der Waals surface area contributed by atoms with Crippen molar-refractivity contribution >= 4 is 26.0 Å². The van der Waals surface area contributed by atoms with Gasteiger partial charge in [0.15, 0.2) is 0 Å². The highest BCUT2D eigenvalue weighted by molar-refractivity contribution is 9.10. The van der Waals surface area contributed by atoms with E-state index in [1.807, 2.05) is 6.20 Å². The minimum atomic E-state index is -3.38. The van der Waals surface area contributed by atoms with E-state index in [1.54, 1.807) is 35.1 Å². The molecule has 1 aliphatic rings. The van der Waals surface area contributed by atoms with Gasteiger partial charge in [-0.25, -0.2) is 17.8 Å². The van der Waals surface area contributed by atoms with Crippen LogP contribution in [-0.2, 0) is 10.0 Å². The van der Waals surface area contributed by atoms with Gasteiger partial charge in [-0.1, -0.05) is 0 Å². The molecule has 100 valence electrons. The average molecular weight is 342 g/mol. The summed E-state index contributed by atoms with van der Waals surface area (Å²) in [7, 11) is -3.38. The number of nitrogens with one attached hydrogen (secondary N) is 1. The summed E-state index contributed by atoms with van der Waals surface area (Å²) in [6.07, 6.45) is 5.35. The lowest BCUT2D eigenvalue weighted by Gasteiger charge is -2.06. The fraction of sp³-hybridized carbons (Fsp3) is 0.250. The molecule has 0 radical (unpaired) electrons. The number of hydrogen-bond donors (Lipinski definition) is 1. The van der Waals surface area contributed by atoms with Gasteiger partial charge in [0.1, 0.15) is 0 Å². The molecule has 2 aromatic rings. The maximum Gasteiger partial charge on any atom is 0.240 e. The van der Waals surface area contributed by atoms with Gasteiger partial charge in [0.25, 0.3) is 0 Å². The molecule has 7 heteroatoms. The molecule has 1 aromatic carbocycles. The summed E-state index contributed by atoms with van der Waals surface area (Å²) in [4.78, 5) is 0.286. The van der Waals surface area contributed by atoms with E-state index >= 15 is 0 Å². The van der Waals surface area contributed by atoms with Crippen molar-refractivity contribution in [2.75, 3.05) is 0 Å². The third kappa shape index (κ3) is 2.88. The zero-order valence-electron chi connectivity index (χ0n) is 9.95. The Morgan fingerprint density at radius 3 is 2.47 bits per heavy atom. The second-order valence-electron chi connectivity index (χ2n) is 4.49.